The van der Waals surface area contributed by atoms with Gasteiger partial charge in [0.15, 0.2) is 0 Å². The molecule has 0 spiro atoms. The van der Waals surface area contributed by atoms with Crippen LogP contribution in [0.15, 0.2) is 0 Å². The first-order valence-corrected chi connectivity index (χ1v) is 4.29. The Balaban J connectivity index is 2.26. The van der Waals surface area contributed by atoms with Crippen LogP contribution in [0, 0.1) is 17.8 Å². The van der Waals surface area contributed by atoms with E-state index in [4.69, 9.17) is 15.9 Å². The standard InChI is InChI=1S/C8H10FNO4/c9-3-1-2-4(6(11)12)5(2)8(3,10)7(13)14/h2-5H,1,10H2,(H,11,12)(H,13,14)/t2-,3+,4-,5-,8-/m1/s1. The molecule has 2 aliphatic rings. The second-order valence-corrected chi connectivity index (χ2v) is 4.00. The van der Waals surface area contributed by atoms with E-state index < -0.39 is 41.4 Å². The van der Waals surface area contributed by atoms with Crippen molar-refractivity contribution >= 4 is 11.9 Å². The highest BCUT2D eigenvalue weighted by molar-refractivity contribution is 5.86. The van der Waals surface area contributed by atoms with E-state index in [1.807, 2.05) is 0 Å². The van der Waals surface area contributed by atoms with Crippen molar-refractivity contribution in [2.75, 3.05) is 0 Å². The molecule has 6 heteroatoms. The van der Waals surface area contributed by atoms with Crippen molar-refractivity contribution in [1.29, 1.82) is 0 Å². The Morgan fingerprint density at radius 2 is 2.00 bits per heavy atom. The van der Waals surface area contributed by atoms with Gasteiger partial charge in [-0.1, -0.05) is 0 Å². The third-order valence-corrected chi connectivity index (χ3v) is 3.37. The number of carbonyl (C=O) groups is 2. The highest BCUT2D eigenvalue weighted by atomic mass is 19.1. The van der Waals surface area contributed by atoms with Crippen LogP contribution in [-0.4, -0.2) is 33.9 Å². The van der Waals surface area contributed by atoms with Gasteiger partial charge in [-0.15, -0.1) is 0 Å². The molecule has 5 nitrogen and oxygen atoms in total. The number of aliphatic carboxylic acids is 2. The van der Waals surface area contributed by atoms with Crippen molar-refractivity contribution < 1.29 is 24.2 Å². The van der Waals surface area contributed by atoms with E-state index >= 15 is 0 Å². The van der Waals surface area contributed by atoms with Gasteiger partial charge in [0.2, 0.25) is 0 Å². The SMILES string of the molecule is N[C@@]1(C(=O)O)[C@@H]2[C@H](C[C@@H]1F)[C@H]2C(=O)O. The fourth-order valence-electron chi connectivity index (χ4n) is 2.57. The molecular weight excluding hydrogens is 193 g/mol. The fraction of sp³-hybridized carbons (Fsp3) is 0.750. The van der Waals surface area contributed by atoms with Crippen molar-refractivity contribution in [3.63, 3.8) is 0 Å². The summed E-state index contributed by atoms with van der Waals surface area (Å²) in [6.45, 7) is 0. The number of halogens is 1. The third-order valence-electron chi connectivity index (χ3n) is 3.37. The number of carboxylic acids is 2. The molecule has 0 saturated heterocycles. The second-order valence-electron chi connectivity index (χ2n) is 4.00. The molecule has 0 radical (unpaired) electrons. The lowest BCUT2D eigenvalue weighted by atomic mass is 9.90. The Labute approximate surface area is 78.7 Å². The van der Waals surface area contributed by atoms with Gasteiger partial charge in [-0.05, 0) is 12.3 Å². The van der Waals surface area contributed by atoms with Gasteiger partial charge in [-0.25, -0.2) is 4.39 Å². The highest BCUT2D eigenvalue weighted by Gasteiger charge is 2.74. The van der Waals surface area contributed by atoms with Gasteiger partial charge < -0.3 is 15.9 Å². The lowest BCUT2D eigenvalue weighted by molar-refractivity contribution is -0.147. The average molecular weight is 203 g/mol. The largest absolute Gasteiger partial charge is 0.481 e. The Kier molecular flexibility index (Phi) is 1.64. The summed E-state index contributed by atoms with van der Waals surface area (Å²) in [7, 11) is 0. The Morgan fingerprint density at radius 1 is 1.43 bits per heavy atom. The topological polar surface area (TPSA) is 101 Å². The number of carboxylic acid groups (broad SMARTS) is 2. The molecule has 0 aliphatic heterocycles. The molecule has 0 aromatic rings. The molecule has 14 heavy (non-hydrogen) atoms. The molecule has 2 saturated carbocycles. The molecule has 2 aliphatic carbocycles. The molecule has 2 rings (SSSR count). The summed E-state index contributed by atoms with van der Waals surface area (Å²) in [5.41, 5.74) is 3.43. The van der Waals surface area contributed by atoms with Crippen LogP contribution in [0.4, 0.5) is 4.39 Å². The summed E-state index contributed by atoms with van der Waals surface area (Å²) in [4.78, 5) is 21.4. The highest BCUT2D eigenvalue weighted by Crippen LogP contribution is 2.62. The predicted molar refractivity (Wildman–Crippen MR) is 42.2 cm³/mol. The van der Waals surface area contributed by atoms with Gasteiger partial charge in [0, 0.05) is 5.92 Å². The van der Waals surface area contributed by atoms with Gasteiger partial charge in [0.25, 0.3) is 0 Å². The number of rotatable bonds is 2. The molecule has 0 bridgehead atoms. The molecular formula is C8H10FNO4. The number of alkyl halides is 1. The van der Waals surface area contributed by atoms with E-state index in [-0.39, 0.29) is 6.42 Å². The molecule has 0 amide bonds. The van der Waals surface area contributed by atoms with E-state index in [0.29, 0.717) is 0 Å². The van der Waals surface area contributed by atoms with Crippen molar-refractivity contribution in [3.8, 4) is 0 Å². The minimum atomic E-state index is -1.99. The number of nitrogens with two attached hydrogens (primary N) is 1. The van der Waals surface area contributed by atoms with Crippen LogP contribution >= 0.6 is 0 Å². The maximum absolute atomic E-state index is 13.2. The van der Waals surface area contributed by atoms with E-state index in [1.165, 1.54) is 0 Å². The Hall–Kier alpha value is -1.17. The molecule has 5 atom stereocenters. The Morgan fingerprint density at radius 3 is 2.43 bits per heavy atom. The summed E-state index contributed by atoms with van der Waals surface area (Å²) in [5.74, 6) is -4.44. The maximum Gasteiger partial charge on any atom is 0.327 e. The van der Waals surface area contributed by atoms with Crippen LogP contribution in [0.5, 0.6) is 0 Å². The van der Waals surface area contributed by atoms with Crippen LogP contribution in [0.2, 0.25) is 0 Å². The lowest BCUT2D eigenvalue weighted by Gasteiger charge is -2.24. The predicted octanol–water partition coefficient (Wildman–Crippen LogP) is -0.543. The van der Waals surface area contributed by atoms with Crippen LogP contribution in [0.1, 0.15) is 6.42 Å². The quantitative estimate of drug-likeness (QED) is 0.559. The van der Waals surface area contributed by atoms with Crippen molar-refractivity contribution in [2.45, 2.75) is 18.1 Å². The molecule has 4 N–H and O–H groups in total. The normalized spacial score (nSPS) is 49.9. The monoisotopic (exact) mass is 203 g/mol. The zero-order valence-corrected chi connectivity index (χ0v) is 7.18. The van der Waals surface area contributed by atoms with Crippen LogP contribution in [0.3, 0.4) is 0 Å². The van der Waals surface area contributed by atoms with E-state index in [2.05, 4.69) is 0 Å². The number of hydrogen-bond donors (Lipinski definition) is 3. The fourth-order valence-corrected chi connectivity index (χ4v) is 2.57. The van der Waals surface area contributed by atoms with Crippen molar-refractivity contribution in [1.82, 2.24) is 0 Å². The molecule has 78 valence electrons. The van der Waals surface area contributed by atoms with E-state index in [9.17, 15) is 14.0 Å². The van der Waals surface area contributed by atoms with Gasteiger partial charge in [0.05, 0.1) is 5.92 Å². The van der Waals surface area contributed by atoms with E-state index in [0.717, 1.165) is 0 Å². The first-order chi connectivity index (χ1) is 6.40. The van der Waals surface area contributed by atoms with Crippen molar-refractivity contribution in [2.24, 2.45) is 23.5 Å². The second kappa shape index (κ2) is 2.44. The van der Waals surface area contributed by atoms with Crippen LogP contribution < -0.4 is 5.73 Å². The summed E-state index contributed by atoms with van der Waals surface area (Å²) < 4.78 is 13.2. The first kappa shape index (κ1) is 9.39. The molecule has 0 aromatic carbocycles. The summed E-state index contributed by atoms with van der Waals surface area (Å²) >= 11 is 0. The molecule has 2 fully saturated rings. The Bertz CT molecular complexity index is 320. The summed E-state index contributed by atoms with van der Waals surface area (Å²) in [6, 6.07) is 0. The van der Waals surface area contributed by atoms with Gasteiger partial charge >= 0.3 is 11.9 Å². The lowest BCUT2D eigenvalue weighted by Crippen LogP contribution is -2.56. The van der Waals surface area contributed by atoms with Gasteiger partial charge in [0.1, 0.15) is 11.7 Å². The van der Waals surface area contributed by atoms with E-state index in [1.54, 1.807) is 0 Å². The minimum Gasteiger partial charge on any atom is -0.481 e. The van der Waals surface area contributed by atoms with Gasteiger partial charge in [-0.2, -0.15) is 0 Å². The maximum atomic E-state index is 13.2. The van der Waals surface area contributed by atoms with Crippen LogP contribution in [-0.2, 0) is 9.59 Å². The summed E-state index contributed by atoms with van der Waals surface area (Å²) in [5, 5.41) is 17.5. The summed E-state index contributed by atoms with van der Waals surface area (Å²) in [6.07, 6.45) is -1.68. The first-order valence-electron chi connectivity index (χ1n) is 4.29. The minimum absolute atomic E-state index is 0.0512. The van der Waals surface area contributed by atoms with Crippen molar-refractivity contribution in [3.05, 3.63) is 0 Å². The molecule has 0 aromatic heterocycles. The average Bonchev–Trinajstić information content (AvgIpc) is 2.70. The van der Waals surface area contributed by atoms with Crippen LogP contribution in [0.25, 0.3) is 0 Å². The number of hydrogen-bond acceptors (Lipinski definition) is 3. The molecule has 0 unspecified atom stereocenters. The van der Waals surface area contributed by atoms with Gasteiger partial charge in [-0.3, -0.25) is 9.59 Å². The molecule has 0 heterocycles. The smallest absolute Gasteiger partial charge is 0.327 e. The zero-order valence-electron chi connectivity index (χ0n) is 7.18. The zero-order chi connectivity index (χ0) is 10.7. The third kappa shape index (κ3) is 0.863. The number of fused-ring (bicyclic) bond motifs is 1.